The monoisotopic (exact) mass is 523 g/mol. The fourth-order valence-corrected chi connectivity index (χ4v) is 4.50. The predicted octanol–water partition coefficient (Wildman–Crippen LogP) is 3.00. The Morgan fingerprint density at radius 1 is 0.688 bits per heavy atom. The van der Waals surface area contributed by atoms with Gasteiger partial charge in [0.2, 0.25) is 0 Å². The van der Waals surface area contributed by atoms with Crippen LogP contribution in [-0.4, -0.2) is 38.9 Å². The van der Waals surface area contributed by atoms with Crippen LogP contribution < -0.4 is 5.73 Å². The molecule has 0 atom stereocenters. The maximum Gasteiger partial charge on any atom is 0.295 e. The highest BCUT2D eigenvalue weighted by atomic mass is 35.5. The average Bonchev–Trinajstić information content (AvgIpc) is 2.64. The van der Waals surface area contributed by atoms with Crippen molar-refractivity contribution in [2.75, 3.05) is 5.73 Å². The first kappa shape index (κ1) is 25.6. The molecule has 0 radical (unpaired) electrons. The zero-order valence-corrected chi connectivity index (χ0v) is 18.8. The second-order valence-corrected chi connectivity index (χ2v) is 10.4. The second kappa shape index (κ2) is 8.70. The third kappa shape index (κ3) is 5.39. The van der Waals surface area contributed by atoms with Crippen molar-refractivity contribution in [1.29, 1.82) is 0 Å². The van der Waals surface area contributed by atoms with Crippen LogP contribution in [0.5, 0.6) is 0 Å². The average molecular weight is 524 g/mol. The minimum atomic E-state index is -4.98. The number of halogens is 1. The highest BCUT2D eigenvalue weighted by Gasteiger charge is 2.23. The third-order valence-electron chi connectivity index (χ3n) is 4.03. The summed E-state index contributed by atoms with van der Waals surface area (Å²) in [7, 11) is -14.2. The molecular weight excluding hydrogens is 510 g/mol. The third-order valence-corrected chi connectivity index (χ3v) is 6.61. The van der Waals surface area contributed by atoms with E-state index in [2.05, 4.69) is 10.2 Å². The molecule has 0 aromatic heterocycles. The molecule has 0 heterocycles. The van der Waals surface area contributed by atoms with Crippen molar-refractivity contribution in [2.45, 2.75) is 14.7 Å². The van der Waals surface area contributed by atoms with Crippen molar-refractivity contribution in [3.8, 4) is 0 Å². The molecule has 12 nitrogen and oxygen atoms in total. The standard InChI is InChI=1S/C16H13N3O9S3.ClH/c17-13-6-1-9-7-12(30(23,24)25)8-14(31(26,27)28)15(9)16(13)19-18-10-2-4-11(5-3-10)29(20,21)22;/h1-8H,17H2,(H,20,21,22)(H,23,24,25)(H,26,27,28);1H. The van der Waals surface area contributed by atoms with E-state index in [-0.39, 0.29) is 45.1 Å². The molecule has 0 bridgehead atoms. The number of benzene rings is 3. The molecule has 16 heteroatoms. The molecule has 172 valence electrons. The number of rotatable bonds is 5. The quantitative estimate of drug-likeness (QED) is 0.218. The van der Waals surface area contributed by atoms with Gasteiger partial charge in [0, 0.05) is 5.39 Å². The molecule has 0 saturated carbocycles. The molecule has 0 aliphatic heterocycles. The summed E-state index contributed by atoms with van der Waals surface area (Å²) in [6, 6.07) is 8.55. The van der Waals surface area contributed by atoms with Crippen LogP contribution in [0.2, 0.25) is 0 Å². The van der Waals surface area contributed by atoms with E-state index in [0.29, 0.717) is 6.07 Å². The van der Waals surface area contributed by atoms with Crippen LogP contribution in [0, 0.1) is 0 Å². The van der Waals surface area contributed by atoms with Gasteiger partial charge in [-0.15, -0.1) is 17.5 Å². The van der Waals surface area contributed by atoms with Gasteiger partial charge >= 0.3 is 0 Å². The molecule has 0 saturated heterocycles. The first-order valence-corrected chi connectivity index (χ1v) is 12.3. The molecule has 0 unspecified atom stereocenters. The maximum atomic E-state index is 11.9. The molecule has 0 aliphatic rings. The Kier molecular flexibility index (Phi) is 6.96. The summed E-state index contributed by atoms with van der Waals surface area (Å²) in [4.78, 5) is -2.04. The summed E-state index contributed by atoms with van der Waals surface area (Å²) < 4.78 is 96.7. The lowest BCUT2D eigenvalue weighted by molar-refractivity contribution is 0.479. The van der Waals surface area contributed by atoms with Gasteiger partial charge in [0.1, 0.15) is 10.6 Å². The van der Waals surface area contributed by atoms with Gasteiger partial charge in [-0.05, 0) is 47.9 Å². The Labute approximate surface area is 188 Å². The Hall–Kier alpha value is -2.66. The van der Waals surface area contributed by atoms with E-state index in [0.717, 1.165) is 18.2 Å². The van der Waals surface area contributed by atoms with Crippen molar-refractivity contribution in [3.63, 3.8) is 0 Å². The van der Waals surface area contributed by atoms with E-state index >= 15 is 0 Å². The van der Waals surface area contributed by atoms with Gasteiger partial charge < -0.3 is 5.73 Å². The number of nitrogens with zero attached hydrogens (tertiary/aromatic N) is 2. The number of nitrogen functional groups attached to an aromatic ring is 1. The molecule has 0 spiro atoms. The number of anilines is 1. The van der Waals surface area contributed by atoms with E-state index in [4.69, 9.17) is 10.3 Å². The first-order valence-electron chi connectivity index (χ1n) is 7.98. The van der Waals surface area contributed by atoms with Crippen molar-refractivity contribution < 1.29 is 38.9 Å². The molecule has 0 amide bonds. The van der Waals surface area contributed by atoms with Gasteiger partial charge in [-0.25, -0.2) is 0 Å². The fourth-order valence-electron chi connectivity index (χ4n) is 2.65. The molecule has 3 aromatic carbocycles. The van der Waals surface area contributed by atoms with E-state index < -0.39 is 40.1 Å². The number of nitrogens with two attached hydrogens (primary N) is 1. The van der Waals surface area contributed by atoms with Crippen LogP contribution in [-0.2, 0) is 30.4 Å². The minimum absolute atomic E-state index is 0. The summed E-state index contributed by atoms with van der Waals surface area (Å²) in [5, 5.41) is 7.40. The number of azo groups is 1. The Bertz CT molecular complexity index is 1550. The summed E-state index contributed by atoms with van der Waals surface area (Å²) in [5.41, 5.74) is 5.66. The Morgan fingerprint density at radius 3 is 1.75 bits per heavy atom. The van der Waals surface area contributed by atoms with Gasteiger partial charge in [0.25, 0.3) is 30.4 Å². The van der Waals surface area contributed by atoms with Gasteiger partial charge in [-0.3, -0.25) is 13.7 Å². The summed E-state index contributed by atoms with van der Waals surface area (Å²) in [5.74, 6) is 0. The van der Waals surface area contributed by atoms with Crippen molar-refractivity contribution in [2.24, 2.45) is 10.2 Å². The molecule has 3 aromatic rings. The SMILES string of the molecule is Cl.Nc1ccc2cc(S(=O)(=O)O)cc(S(=O)(=O)O)c2c1N=Nc1ccc(S(=O)(=O)O)cc1. The van der Waals surface area contributed by atoms with Crippen LogP contribution in [0.3, 0.4) is 0 Å². The van der Waals surface area contributed by atoms with E-state index in [9.17, 15) is 34.4 Å². The van der Waals surface area contributed by atoms with E-state index in [1.165, 1.54) is 24.3 Å². The Balaban J connectivity index is 0.00000363. The molecule has 5 N–H and O–H groups in total. The molecule has 0 aliphatic carbocycles. The van der Waals surface area contributed by atoms with Gasteiger partial charge in [-0.2, -0.15) is 30.4 Å². The van der Waals surface area contributed by atoms with Crippen molar-refractivity contribution in [3.05, 3.63) is 48.5 Å². The number of hydrogen-bond donors (Lipinski definition) is 4. The smallest absolute Gasteiger partial charge is 0.295 e. The zero-order valence-electron chi connectivity index (χ0n) is 15.5. The fraction of sp³-hybridized carbons (Fsp3) is 0. The minimum Gasteiger partial charge on any atom is -0.397 e. The van der Waals surface area contributed by atoms with Crippen molar-refractivity contribution in [1.82, 2.24) is 0 Å². The molecular formula is C16H14ClN3O9S3. The molecule has 3 rings (SSSR count). The van der Waals surface area contributed by atoms with E-state index in [1.807, 2.05) is 0 Å². The Morgan fingerprint density at radius 2 is 1.25 bits per heavy atom. The zero-order chi connectivity index (χ0) is 23.2. The van der Waals surface area contributed by atoms with Crippen molar-refractivity contribution >= 4 is 70.6 Å². The van der Waals surface area contributed by atoms with Crippen LogP contribution in [0.25, 0.3) is 10.8 Å². The van der Waals surface area contributed by atoms with Crippen LogP contribution in [0.1, 0.15) is 0 Å². The highest BCUT2D eigenvalue weighted by Crippen LogP contribution is 2.39. The first-order chi connectivity index (χ1) is 14.2. The van der Waals surface area contributed by atoms with Gasteiger partial charge in [-0.1, -0.05) is 6.07 Å². The topological polar surface area (TPSA) is 214 Å². The van der Waals surface area contributed by atoms with Gasteiger partial charge in [0.05, 0.1) is 21.2 Å². The predicted molar refractivity (Wildman–Crippen MR) is 116 cm³/mol. The van der Waals surface area contributed by atoms with Crippen LogP contribution >= 0.6 is 12.4 Å². The summed E-state index contributed by atoms with van der Waals surface area (Å²) in [6.45, 7) is 0. The lowest BCUT2D eigenvalue weighted by Gasteiger charge is -2.10. The lowest BCUT2D eigenvalue weighted by Crippen LogP contribution is -2.05. The van der Waals surface area contributed by atoms with Gasteiger partial charge in [0.15, 0.2) is 0 Å². The van der Waals surface area contributed by atoms with E-state index in [1.54, 1.807) is 0 Å². The van der Waals surface area contributed by atoms with Crippen LogP contribution in [0.15, 0.2) is 73.4 Å². The summed E-state index contributed by atoms with van der Waals surface area (Å²) >= 11 is 0. The number of fused-ring (bicyclic) bond motifs is 1. The number of hydrogen-bond acceptors (Lipinski definition) is 9. The lowest BCUT2D eigenvalue weighted by atomic mass is 10.1. The maximum absolute atomic E-state index is 11.9. The highest BCUT2D eigenvalue weighted by molar-refractivity contribution is 7.87. The molecule has 32 heavy (non-hydrogen) atoms. The van der Waals surface area contributed by atoms with Crippen LogP contribution in [0.4, 0.5) is 17.1 Å². The molecule has 0 fully saturated rings. The normalized spacial score (nSPS) is 12.7. The largest absolute Gasteiger partial charge is 0.397 e. The summed E-state index contributed by atoms with van der Waals surface area (Å²) in [6.07, 6.45) is 0. The second-order valence-electron chi connectivity index (χ2n) is 6.14.